The van der Waals surface area contributed by atoms with Gasteiger partial charge in [0.15, 0.2) is 0 Å². The first-order chi connectivity index (χ1) is 11.3. The lowest BCUT2D eigenvalue weighted by Crippen LogP contribution is -1.93. The smallest absolute Gasteiger partial charge is 0.314 e. The monoisotopic (exact) mass is 342 g/mol. The fourth-order valence-electron chi connectivity index (χ4n) is 2.23. The van der Waals surface area contributed by atoms with Gasteiger partial charge in [-0.2, -0.15) is 0 Å². The van der Waals surface area contributed by atoms with Gasteiger partial charge in [0.2, 0.25) is 5.13 Å². The molecule has 1 amide bonds. The maximum Gasteiger partial charge on any atom is 0.314 e. The summed E-state index contributed by atoms with van der Waals surface area (Å²) in [5.41, 5.74) is 2.45. The lowest BCUT2D eigenvalue weighted by molar-refractivity contribution is 0.0991. The third-order valence-electron chi connectivity index (χ3n) is 3.31. The van der Waals surface area contributed by atoms with E-state index in [4.69, 9.17) is 4.74 Å². The molecule has 23 heavy (non-hydrogen) atoms. The van der Waals surface area contributed by atoms with Gasteiger partial charge in [0.05, 0.1) is 6.61 Å². The van der Waals surface area contributed by atoms with Gasteiger partial charge in [0, 0.05) is 28.9 Å². The minimum absolute atomic E-state index is 0.294. The summed E-state index contributed by atoms with van der Waals surface area (Å²) in [4.78, 5) is 20.3. The number of carbonyl (C=O) groups is 1. The van der Waals surface area contributed by atoms with Crippen LogP contribution >= 0.6 is 22.7 Å². The lowest BCUT2D eigenvalue weighted by Gasteiger charge is -2.00. The zero-order valence-electron chi connectivity index (χ0n) is 11.8. The number of nitrogens with zero attached hydrogens (tertiary/aromatic N) is 4. The summed E-state index contributed by atoms with van der Waals surface area (Å²) in [6.07, 6.45) is 2.52. The number of ether oxygens (including phenoxy) is 1. The predicted molar refractivity (Wildman–Crippen MR) is 87.7 cm³/mol. The van der Waals surface area contributed by atoms with Crippen LogP contribution in [0.3, 0.4) is 0 Å². The van der Waals surface area contributed by atoms with Crippen LogP contribution in [0.2, 0.25) is 0 Å². The third-order valence-corrected chi connectivity index (χ3v) is 4.85. The molecule has 114 valence electrons. The van der Waals surface area contributed by atoms with Crippen molar-refractivity contribution in [3.05, 3.63) is 46.4 Å². The molecule has 2 aromatic heterocycles. The van der Waals surface area contributed by atoms with Crippen LogP contribution in [0, 0.1) is 0 Å². The van der Waals surface area contributed by atoms with E-state index in [-0.39, 0.29) is 0 Å². The van der Waals surface area contributed by atoms with Gasteiger partial charge in [-0.25, -0.2) is 9.97 Å². The zero-order valence-corrected chi connectivity index (χ0v) is 13.4. The molecule has 0 aliphatic carbocycles. The van der Waals surface area contributed by atoms with E-state index in [9.17, 15) is 4.79 Å². The highest BCUT2D eigenvalue weighted by Gasteiger charge is 2.16. The number of hydrogen-bond donors (Lipinski definition) is 0. The second kappa shape index (κ2) is 5.98. The van der Waals surface area contributed by atoms with Gasteiger partial charge in [0.1, 0.15) is 16.5 Å². The fourth-order valence-corrected chi connectivity index (χ4v) is 3.47. The number of thiazole rings is 2. The van der Waals surface area contributed by atoms with Crippen LogP contribution in [0.1, 0.15) is 16.1 Å². The molecule has 0 saturated heterocycles. The van der Waals surface area contributed by atoms with Crippen molar-refractivity contribution in [1.82, 2.24) is 9.97 Å². The number of hydrogen-bond acceptors (Lipinski definition) is 7. The Bertz CT molecular complexity index is 887. The van der Waals surface area contributed by atoms with Gasteiger partial charge in [-0.1, -0.05) is 0 Å². The van der Waals surface area contributed by atoms with Crippen molar-refractivity contribution in [2.75, 3.05) is 6.61 Å². The van der Waals surface area contributed by atoms with Crippen molar-refractivity contribution in [3.8, 4) is 16.3 Å². The molecule has 6 nitrogen and oxygen atoms in total. The van der Waals surface area contributed by atoms with Crippen LogP contribution in [0.4, 0.5) is 5.13 Å². The molecule has 4 rings (SSSR count). The average Bonchev–Trinajstić information content (AvgIpc) is 3.32. The van der Waals surface area contributed by atoms with Crippen molar-refractivity contribution in [2.45, 2.75) is 6.42 Å². The highest BCUT2D eigenvalue weighted by Crippen LogP contribution is 2.32. The fraction of sp³-hybridized carbons (Fsp3) is 0.133. The minimum atomic E-state index is -0.466. The standard InChI is InChI=1S/C15H10N4O2S2/c20-13(18-19-15-16-4-6-22-15)11-8-23-14(17-11)10-1-2-12-9(7-10)3-5-21-12/h1-2,4,6-8H,3,5H2. The Morgan fingerprint density at radius 2 is 2.26 bits per heavy atom. The second-order valence-corrected chi connectivity index (χ2v) is 6.51. The second-order valence-electron chi connectivity index (χ2n) is 4.78. The van der Waals surface area contributed by atoms with Crippen LogP contribution in [0.5, 0.6) is 5.75 Å². The number of aromatic nitrogens is 2. The number of amides is 1. The number of azo groups is 1. The van der Waals surface area contributed by atoms with Crippen LogP contribution in [0.15, 0.2) is 45.4 Å². The van der Waals surface area contributed by atoms with Gasteiger partial charge in [-0.05, 0) is 23.8 Å². The largest absolute Gasteiger partial charge is 0.493 e. The summed E-state index contributed by atoms with van der Waals surface area (Å²) in [6, 6.07) is 5.96. The number of carbonyl (C=O) groups excluding carboxylic acids is 1. The van der Waals surface area contributed by atoms with Crippen LogP contribution in [-0.2, 0) is 6.42 Å². The molecule has 1 aliphatic heterocycles. The molecule has 1 aromatic carbocycles. The summed E-state index contributed by atoms with van der Waals surface area (Å²) < 4.78 is 5.50. The molecule has 1 aliphatic rings. The molecule has 0 N–H and O–H groups in total. The Labute approximate surface area is 139 Å². The SMILES string of the molecule is O=C(N=Nc1nccs1)c1csc(-c2ccc3c(c2)CCO3)n1. The first kappa shape index (κ1) is 14.2. The summed E-state index contributed by atoms with van der Waals surface area (Å²) >= 11 is 2.73. The third kappa shape index (κ3) is 2.90. The highest BCUT2D eigenvalue weighted by atomic mass is 32.1. The van der Waals surface area contributed by atoms with Crippen molar-refractivity contribution >= 4 is 33.7 Å². The van der Waals surface area contributed by atoms with Crippen molar-refractivity contribution in [1.29, 1.82) is 0 Å². The molecule has 0 bridgehead atoms. The normalized spacial score (nSPS) is 13.2. The molecule has 0 radical (unpaired) electrons. The van der Waals surface area contributed by atoms with E-state index in [2.05, 4.69) is 26.3 Å². The van der Waals surface area contributed by atoms with Gasteiger partial charge >= 0.3 is 5.91 Å². The van der Waals surface area contributed by atoms with E-state index in [0.717, 1.165) is 29.3 Å². The quantitative estimate of drug-likeness (QED) is 0.671. The van der Waals surface area contributed by atoms with E-state index in [1.54, 1.807) is 17.0 Å². The van der Waals surface area contributed by atoms with Gasteiger partial charge in [-0.3, -0.25) is 4.79 Å². The summed E-state index contributed by atoms with van der Waals surface area (Å²) in [7, 11) is 0. The molecule has 8 heteroatoms. The Hall–Kier alpha value is -2.45. The molecule has 0 saturated carbocycles. The molecule has 0 atom stereocenters. The Morgan fingerprint density at radius 3 is 3.13 bits per heavy atom. The van der Waals surface area contributed by atoms with E-state index in [1.807, 2.05) is 12.1 Å². The molecule has 0 spiro atoms. The predicted octanol–water partition coefficient (Wildman–Crippen LogP) is 4.13. The van der Waals surface area contributed by atoms with Gasteiger partial charge < -0.3 is 4.74 Å². The first-order valence-corrected chi connectivity index (χ1v) is 8.63. The molecule has 0 fully saturated rings. The minimum Gasteiger partial charge on any atom is -0.493 e. The van der Waals surface area contributed by atoms with Gasteiger partial charge in [0.25, 0.3) is 0 Å². The van der Waals surface area contributed by atoms with E-state index in [1.165, 1.54) is 28.2 Å². The number of benzene rings is 1. The van der Waals surface area contributed by atoms with Crippen molar-refractivity contribution in [3.63, 3.8) is 0 Å². The van der Waals surface area contributed by atoms with E-state index in [0.29, 0.717) is 10.8 Å². The summed E-state index contributed by atoms with van der Waals surface area (Å²) in [5, 5.41) is 12.2. The molecule has 3 aromatic rings. The highest BCUT2D eigenvalue weighted by molar-refractivity contribution is 7.13. The average molecular weight is 342 g/mol. The Balaban J connectivity index is 1.55. The number of fused-ring (bicyclic) bond motifs is 1. The summed E-state index contributed by atoms with van der Waals surface area (Å²) in [5.74, 6) is 0.464. The first-order valence-electron chi connectivity index (χ1n) is 6.87. The van der Waals surface area contributed by atoms with E-state index < -0.39 is 5.91 Å². The van der Waals surface area contributed by atoms with Crippen LogP contribution in [-0.4, -0.2) is 22.5 Å². The summed E-state index contributed by atoms with van der Waals surface area (Å²) in [6.45, 7) is 0.720. The van der Waals surface area contributed by atoms with Crippen molar-refractivity contribution < 1.29 is 9.53 Å². The maximum atomic E-state index is 12.0. The molecule has 0 unspecified atom stereocenters. The maximum absolute atomic E-state index is 12.0. The Morgan fingerprint density at radius 1 is 1.30 bits per heavy atom. The Kier molecular flexibility index (Phi) is 3.68. The van der Waals surface area contributed by atoms with Gasteiger partial charge in [-0.15, -0.1) is 32.9 Å². The molecular weight excluding hydrogens is 332 g/mol. The molecular formula is C15H10N4O2S2. The topological polar surface area (TPSA) is 76.8 Å². The zero-order chi connectivity index (χ0) is 15.6. The number of rotatable bonds is 3. The van der Waals surface area contributed by atoms with Crippen molar-refractivity contribution in [2.24, 2.45) is 10.2 Å². The van der Waals surface area contributed by atoms with Crippen LogP contribution in [0.25, 0.3) is 10.6 Å². The van der Waals surface area contributed by atoms with E-state index >= 15 is 0 Å². The van der Waals surface area contributed by atoms with Crippen LogP contribution < -0.4 is 4.74 Å². The molecule has 3 heterocycles. The lowest BCUT2D eigenvalue weighted by atomic mass is 10.1.